The number of carbonyl (C=O) groups is 1. The Kier molecular flexibility index (Phi) is 5.89. The number of H-pyrrole nitrogens is 1. The van der Waals surface area contributed by atoms with Crippen LogP contribution >= 0.6 is 0 Å². The molecule has 1 aliphatic heterocycles. The summed E-state index contributed by atoms with van der Waals surface area (Å²) in [5, 5.41) is 10.5. The van der Waals surface area contributed by atoms with Gasteiger partial charge in [0.15, 0.2) is 19.8 Å². The number of carbonyl (C=O) groups excluding carboxylic acids is 1. The first-order valence-corrected chi connectivity index (χ1v) is 12.2. The molecule has 1 unspecified atom stereocenters. The van der Waals surface area contributed by atoms with E-state index >= 15 is 0 Å². The van der Waals surface area contributed by atoms with Crippen molar-refractivity contribution in [3.05, 3.63) is 21.7 Å². The molecule has 2 heterocycles. The molecule has 0 fully saturated rings. The molecular formula is C18H32N4O4Si. The topological polar surface area (TPSA) is 98.8 Å². The summed E-state index contributed by atoms with van der Waals surface area (Å²) in [6.07, 6.45) is -1.13. The van der Waals surface area contributed by atoms with Crippen molar-refractivity contribution in [1.29, 1.82) is 0 Å². The number of anilines is 1. The highest BCUT2D eigenvalue weighted by atomic mass is 28.4. The molecule has 1 atom stereocenters. The van der Waals surface area contributed by atoms with Gasteiger partial charge >= 0.3 is 0 Å². The molecule has 0 aromatic carbocycles. The van der Waals surface area contributed by atoms with Crippen LogP contribution in [-0.4, -0.2) is 54.1 Å². The van der Waals surface area contributed by atoms with E-state index in [-0.39, 0.29) is 29.0 Å². The Bertz CT molecular complexity index is 770. The van der Waals surface area contributed by atoms with Gasteiger partial charge in [0.2, 0.25) is 6.35 Å². The molecule has 0 spiro atoms. The van der Waals surface area contributed by atoms with Crippen LogP contribution in [-0.2, 0) is 11.0 Å². The Morgan fingerprint density at radius 1 is 1.30 bits per heavy atom. The number of aliphatic hydroxyl groups is 1. The summed E-state index contributed by atoms with van der Waals surface area (Å²) in [7, 11) is -0.562. The lowest BCUT2D eigenvalue weighted by molar-refractivity contribution is 0.0113. The van der Waals surface area contributed by atoms with Crippen molar-refractivity contribution in [2.24, 2.45) is 5.92 Å². The number of rotatable bonds is 5. The molecule has 0 saturated heterocycles. The lowest BCUT2D eigenvalue weighted by Crippen LogP contribution is -2.56. The standard InChI is InChI=1S/C18H32N4O4Si/c1-11(2)9-22-14-13(16(24)21(6)17(22)25)20-15(23)12(19-14)10-26-27(7,8)18(3,4)5/h11,17,25H,9-10H2,1-8H3,(H,20,23). The van der Waals surface area contributed by atoms with Gasteiger partial charge in [-0.25, -0.2) is 4.98 Å². The second-order valence-corrected chi connectivity index (χ2v) is 13.9. The number of aliphatic hydroxyl groups excluding tert-OH is 1. The second-order valence-electron chi connectivity index (χ2n) is 9.07. The third-order valence-electron chi connectivity index (χ3n) is 5.33. The monoisotopic (exact) mass is 396 g/mol. The Morgan fingerprint density at radius 3 is 2.41 bits per heavy atom. The molecule has 9 heteroatoms. The van der Waals surface area contributed by atoms with E-state index < -0.39 is 26.1 Å². The van der Waals surface area contributed by atoms with Gasteiger partial charge in [0, 0.05) is 13.6 Å². The average molecular weight is 397 g/mol. The summed E-state index contributed by atoms with van der Waals surface area (Å²) in [4.78, 5) is 34.9. The van der Waals surface area contributed by atoms with Crippen LogP contribution in [0.15, 0.2) is 4.79 Å². The average Bonchev–Trinajstić information content (AvgIpc) is 2.54. The largest absolute Gasteiger partial charge is 0.411 e. The van der Waals surface area contributed by atoms with E-state index in [0.717, 1.165) is 0 Å². The van der Waals surface area contributed by atoms with E-state index in [9.17, 15) is 14.7 Å². The molecular weight excluding hydrogens is 364 g/mol. The summed E-state index contributed by atoms with van der Waals surface area (Å²) in [5.74, 6) is 0.0708. The van der Waals surface area contributed by atoms with Crippen LogP contribution in [0.2, 0.25) is 18.1 Å². The highest BCUT2D eigenvalue weighted by Gasteiger charge is 2.39. The third kappa shape index (κ3) is 4.25. The van der Waals surface area contributed by atoms with Crippen LogP contribution in [0.5, 0.6) is 0 Å². The quantitative estimate of drug-likeness (QED) is 0.740. The van der Waals surface area contributed by atoms with Gasteiger partial charge < -0.3 is 19.4 Å². The maximum absolute atomic E-state index is 12.5. The van der Waals surface area contributed by atoms with Gasteiger partial charge in [0.05, 0.1) is 6.61 Å². The van der Waals surface area contributed by atoms with Crippen LogP contribution in [0.4, 0.5) is 5.82 Å². The summed E-state index contributed by atoms with van der Waals surface area (Å²) >= 11 is 0. The number of aromatic nitrogens is 2. The Balaban J connectivity index is 2.43. The van der Waals surface area contributed by atoms with Gasteiger partial charge in [-0.2, -0.15) is 0 Å². The normalized spacial score (nSPS) is 18.3. The van der Waals surface area contributed by atoms with Gasteiger partial charge in [0.25, 0.3) is 11.5 Å². The maximum Gasteiger partial charge on any atom is 0.277 e. The van der Waals surface area contributed by atoms with Crippen LogP contribution in [0, 0.1) is 5.92 Å². The molecule has 0 radical (unpaired) electrons. The van der Waals surface area contributed by atoms with E-state index in [1.807, 2.05) is 13.8 Å². The highest BCUT2D eigenvalue weighted by molar-refractivity contribution is 6.74. The van der Waals surface area contributed by atoms with Crippen LogP contribution in [0.1, 0.15) is 50.8 Å². The first kappa shape index (κ1) is 21.6. The molecule has 2 N–H and O–H groups in total. The molecule has 1 aromatic heterocycles. The number of nitrogens with zero attached hydrogens (tertiary/aromatic N) is 3. The number of amides is 1. The van der Waals surface area contributed by atoms with Crippen molar-refractivity contribution in [2.75, 3.05) is 18.5 Å². The van der Waals surface area contributed by atoms with E-state index in [0.29, 0.717) is 12.4 Å². The van der Waals surface area contributed by atoms with Crippen molar-refractivity contribution in [3.63, 3.8) is 0 Å². The number of fused-ring (bicyclic) bond motifs is 1. The minimum atomic E-state index is -2.06. The molecule has 152 valence electrons. The maximum atomic E-state index is 12.5. The van der Waals surface area contributed by atoms with Crippen LogP contribution in [0.3, 0.4) is 0 Å². The molecule has 2 rings (SSSR count). The van der Waals surface area contributed by atoms with Crippen molar-refractivity contribution in [1.82, 2.24) is 14.9 Å². The van der Waals surface area contributed by atoms with E-state index in [1.165, 1.54) is 11.9 Å². The van der Waals surface area contributed by atoms with Gasteiger partial charge in [0.1, 0.15) is 5.69 Å². The number of hydrogen-bond acceptors (Lipinski definition) is 6. The molecule has 8 nitrogen and oxygen atoms in total. The lowest BCUT2D eigenvalue weighted by atomic mass is 10.1. The van der Waals surface area contributed by atoms with Gasteiger partial charge in [-0.3, -0.25) is 14.5 Å². The minimum absolute atomic E-state index is 0.00647. The number of nitrogens with one attached hydrogen (secondary N) is 1. The van der Waals surface area contributed by atoms with E-state index in [1.54, 1.807) is 4.90 Å². The summed E-state index contributed by atoms with van der Waals surface area (Å²) in [6, 6.07) is 0. The van der Waals surface area contributed by atoms with Gasteiger partial charge in [-0.05, 0) is 24.1 Å². The zero-order valence-corrected chi connectivity index (χ0v) is 18.6. The summed E-state index contributed by atoms with van der Waals surface area (Å²) in [6.45, 7) is 15.2. The first-order chi connectivity index (χ1) is 12.3. The third-order valence-corrected chi connectivity index (χ3v) is 9.81. The number of aromatic amines is 1. The Morgan fingerprint density at radius 2 is 1.89 bits per heavy atom. The zero-order chi connectivity index (χ0) is 20.7. The second kappa shape index (κ2) is 7.37. The summed E-state index contributed by atoms with van der Waals surface area (Å²) in [5.41, 5.74) is -0.114. The molecule has 1 aliphatic rings. The minimum Gasteiger partial charge on any atom is -0.411 e. The van der Waals surface area contributed by atoms with Crippen molar-refractivity contribution >= 4 is 20.0 Å². The van der Waals surface area contributed by atoms with Crippen molar-refractivity contribution in [2.45, 2.75) is 65.7 Å². The van der Waals surface area contributed by atoms with Crippen LogP contribution in [0.25, 0.3) is 0 Å². The molecule has 0 saturated carbocycles. The Labute approximate surface area is 161 Å². The van der Waals surface area contributed by atoms with Gasteiger partial charge in [-0.1, -0.05) is 34.6 Å². The fourth-order valence-electron chi connectivity index (χ4n) is 2.57. The van der Waals surface area contributed by atoms with Gasteiger partial charge in [-0.15, -0.1) is 0 Å². The van der Waals surface area contributed by atoms with Crippen LogP contribution < -0.4 is 10.5 Å². The first-order valence-electron chi connectivity index (χ1n) is 9.25. The molecule has 27 heavy (non-hydrogen) atoms. The predicted octanol–water partition coefficient (Wildman–Crippen LogP) is 2.12. The van der Waals surface area contributed by atoms with E-state index in [4.69, 9.17) is 4.43 Å². The lowest BCUT2D eigenvalue weighted by Gasteiger charge is -2.40. The molecule has 0 aliphatic carbocycles. The highest BCUT2D eigenvalue weighted by Crippen LogP contribution is 2.37. The van der Waals surface area contributed by atoms with Crippen molar-refractivity contribution < 1.29 is 14.3 Å². The molecule has 1 aromatic rings. The number of hydrogen-bond donors (Lipinski definition) is 2. The SMILES string of the molecule is CC(C)CN1c2nc(CO[Si](C)(C)C(C)(C)C)c(=O)[nH]c2C(=O)N(C)C1O. The molecule has 1 amide bonds. The summed E-state index contributed by atoms with van der Waals surface area (Å²) < 4.78 is 6.12. The van der Waals surface area contributed by atoms with E-state index in [2.05, 4.69) is 43.8 Å². The molecule has 0 bridgehead atoms. The Hall–Kier alpha value is -1.71. The fraction of sp³-hybridized carbons (Fsp3) is 0.722. The predicted molar refractivity (Wildman–Crippen MR) is 107 cm³/mol. The zero-order valence-electron chi connectivity index (χ0n) is 17.6. The van der Waals surface area contributed by atoms with Crippen molar-refractivity contribution in [3.8, 4) is 0 Å². The smallest absolute Gasteiger partial charge is 0.277 e. The fourth-order valence-corrected chi connectivity index (χ4v) is 3.50.